The Hall–Kier alpha value is -1.52. The Balaban J connectivity index is 3.03. The SMILES string of the molecule is CC[C@@H](C)[C@H]1N=C(N)C(C(N)=O)=C1O. The molecular weight excluding hydrogens is 182 g/mol. The zero-order valence-electron chi connectivity index (χ0n) is 8.32. The molecule has 1 aliphatic rings. The van der Waals surface area contributed by atoms with Crippen molar-refractivity contribution in [3.8, 4) is 0 Å². The van der Waals surface area contributed by atoms with Gasteiger partial charge in [-0.15, -0.1) is 0 Å². The lowest BCUT2D eigenvalue weighted by Gasteiger charge is -2.14. The van der Waals surface area contributed by atoms with Crippen molar-refractivity contribution in [2.24, 2.45) is 22.4 Å². The average molecular weight is 197 g/mol. The van der Waals surface area contributed by atoms with E-state index in [1.54, 1.807) is 0 Å². The molecule has 0 aliphatic carbocycles. The van der Waals surface area contributed by atoms with Crippen LogP contribution in [0.3, 0.4) is 0 Å². The molecule has 0 aromatic heterocycles. The molecule has 0 fully saturated rings. The van der Waals surface area contributed by atoms with E-state index in [9.17, 15) is 9.90 Å². The molecule has 5 nitrogen and oxygen atoms in total. The number of aliphatic hydroxyl groups excluding tert-OH is 1. The van der Waals surface area contributed by atoms with Gasteiger partial charge in [0.2, 0.25) is 0 Å². The standard InChI is InChI=1S/C9H15N3O2/c1-3-4(2)6-7(13)5(9(11)14)8(10)12-6/h4,6,13H,3H2,1-2H3,(H2,10,12)(H2,11,14)/t4-,6-/m1/s1. The molecule has 1 rings (SSSR count). The molecule has 5 heteroatoms. The van der Waals surface area contributed by atoms with Crippen LogP contribution in [0, 0.1) is 5.92 Å². The zero-order chi connectivity index (χ0) is 10.9. The Bertz CT molecular complexity index is 320. The van der Waals surface area contributed by atoms with Gasteiger partial charge < -0.3 is 16.6 Å². The quantitative estimate of drug-likeness (QED) is 0.596. The molecule has 0 saturated carbocycles. The van der Waals surface area contributed by atoms with Crippen LogP contribution >= 0.6 is 0 Å². The second-order valence-corrected chi connectivity index (χ2v) is 3.47. The van der Waals surface area contributed by atoms with E-state index in [1.165, 1.54) is 0 Å². The summed E-state index contributed by atoms with van der Waals surface area (Å²) in [7, 11) is 0. The number of primary amides is 1. The highest BCUT2D eigenvalue weighted by molar-refractivity contribution is 6.21. The molecule has 0 bridgehead atoms. The molecule has 0 radical (unpaired) electrons. The van der Waals surface area contributed by atoms with Crippen LogP contribution in [0.1, 0.15) is 20.3 Å². The number of hydrogen-bond acceptors (Lipinski definition) is 4. The highest BCUT2D eigenvalue weighted by atomic mass is 16.3. The lowest BCUT2D eigenvalue weighted by atomic mass is 9.97. The molecule has 2 atom stereocenters. The Morgan fingerprint density at radius 1 is 1.71 bits per heavy atom. The fraction of sp³-hybridized carbons (Fsp3) is 0.556. The Labute approximate surface area is 82.5 Å². The normalized spacial score (nSPS) is 23.6. The van der Waals surface area contributed by atoms with E-state index >= 15 is 0 Å². The van der Waals surface area contributed by atoms with Crippen LogP contribution in [0.4, 0.5) is 0 Å². The van der Waals surface area contributed by atoms with Crippen LogP contribution in [0.2, 0.25) is 0 Å². The van der Waals surface area contributed by atoms with E-state index in [0.29, 0.717) is 0 Å². The molecule has 1 aliphatic heterocycles. The fourth-order valence-electron chi connectivity index (χ4n) is 1.43. The largest absolute Gasteiger partial charge is 0.509 e. The smallest absolute Gasteiger partial charge is 0.255 e. The van der Waals surface area contributed by atoms with Crippen LogP contribution < -0.4 is 11.5 Å². The molecule has 0 unspecified atom stereocenters. The summed E-state index contributed by atoms with van der Waals surface area (Å²) >= 11 is 0. The van der Waals surface area contributed by atoms with E-state index in [2.05, 4.69) is 4.99 Å². The number of carbonyl (C=O) groups excluding carboxylic acids is 1. The third-order valence-corrected chi connectivity index (χ3v) is 2.50. The summed E-state index contributed by atoms with van der Waals surface area (Å²) in [5.74, 6) is -0.635. The number of rotatable bonds is 3. The van der Waals surface area contributed by atoms with Crippen LogP contribution in [-0.4, -0.2) is 22.9 Å². The fourth-order valence-corrected chi connectivity index (χ4v) is 1.43. The molecule has 14 heavy (non-hydrogen) atoms. The van der Waals surface area contributed by atoms with Crippen LogP contribution in [0.25, 0.3) is 0 Å². The first-order chi connectivity index (χ1) is 6.49. The highest BCUT2D eigenvalue weighted by Gasteiger charge is 2.32. The van der Waals surface area contributed by atoms with Gasteiger partial charge in [-0.2, -0.15) is 0 Å². The van der Waals surface area contributed by atoms with Crippen LogP contribution in [0.5, 0.6) is 0 Å². The van der Waals surface area contributed by atoms with Gasteiger partial charge in [-0.1, -0.05) is 20.3 Å². The van der Waals surface area contributed by atoms with E-state index in [1.807, 2.05) is 13.8 Å². The van der Waals surface area contributed by atoms with Crippen LogP contribution in [0.15, 0.2) is 16.3 Å². The van der Waals surface area contributed by atoms with Crippen molar-refractivity contribution < 1.29 is 9.90 Å². The molecule has 1 amide bonds. The van der Waals surface area contributed by atoms with Crippen molar-refractivity contribution in [1.82, 2.24) is 0 Å². The summed E-state index contributed by atoms with van der Waals surface area (Å²) < 4.78 is 0. The van der Waals surface area contributed by atoms with E-state index in [4.69, 9.17) is 11.5 Å². The molecular formula is C9H15N3O2. The maximum atomic E-state index is 10.9. The van der Waals surface area contributed by atoms with Crippen molar-refractivity contribution in [3.63, 3.8) is 0 Å². The number of aliphatic hydroxyl groups is 1. The zero-order valence-corrected chi connectivity index (χ0v) is 8.32. The first-order valence-corrected chi connectivity index (χ1v) is 4.55. The van der Waals surface area contributed by atoms with Crippen LogP contribution in [-0.2, 0) is 4.79 Å². The summed E-state index contributed by atoms with van der Waals surface area (Å²) in [5.41, 5.74) is 10.5. The van der Waals surface area contributed by atoms with Gasteiger partial charge in [0.1, 0.15) is 23.2 Å². The maximum absolute atomic E-state index is 10.9. The number of nitrogens with two attached hydrogens (primary N) is 2. The summed E-state index contributed by atoms with van der Waals surface area (Å²) in [4.78, 5) is 14.9. The number of nitrogens with zero attached hydrogens (tertiary/aromatic N) is 1. The van der Waals surface area contributed by atoms with Crippen molar-refractivity contribution in [1.29, 1.82) is 0 Å². The van der Waals surface area contributed by atoms with E-state index in [0.717, 1.165) is 6.42 Å². The second kappa shape index (κ2) is 3.69. The predicted octanol–water partition coefficient (Wildman–Crippen LogP) is 0.0693. The molecule has 0 aromatic carbocycles. The summed E-state index contributed by atoms with van der Waals surface area (Å²) in [6.45, 7) is 3.91. The van der Waals surface area contributed by atoms with Gasteiger partial charge in [0, 0.05) is 0 Å². The number of amides is 1. The minimum Gasteiger partial charge on any atom is -0.509 e. The first-order valence-electron chi connectivity index (χ1n) is 4.55. The second-order valence-electron chi connectivity index (χ2n) is 3.47. The molecule has 0 saturated heterocycles. The number of carbonyl (C=O) groups is 1. The molecule has 0 spiro atoms. The van der Waals surface area contributed by atoms with E-state index in [-0.39, 0.29) is 23.1 Å². The average Bonchev–Trinajstić information content (AvgIpc) is 2.40. The van der Waals surface area contributed by atoms with Gasteiger partial charge in [0.25, 0.3) is 5.91 Å². The first kappa shape index (κ1) is 10.6. The summed E-state index contributed by atoms with van der Waals surface area (Å²) in [6.07, 6.45) is 0.845. The Morgan fingerprint density at radius 2 is 2.29 bits per heavy atom. The van der Waals surface area contributed by atoms with Crippen molar-refractivity contribution >= 4 is 11.7 Å². The van der Waals surface area contributed by atoms with Gasteiger partial charge >= 0.3 is 0 Å². The summed E-state index contributed by atoms with van der Waals surface area (Å²) in [6, 6.07) is -0.414. The molecule has 78 valence electrons. The Morgan fingerprint density at radius 3 is 2.64 bits per heavy atom. The lowest BCUT2D eigenvalue weighted by Crippen LogP contribution is -2.25. The minimum absolute atomic E-state index is 0.0321. The van der Waals surface area contributed by atoms with Gasteiger partial charge in [0.15, 0.2) is 0 Å². The minimum atomic E-state index is -0.727. The number of hydrogen-bond donors (Lipinski definition) is 3. The number of amidine groups is 1. The van der Waals surface area contributed by atoms with Crippen molar-refractivity contribution in [2.45, 2.75) is 26.3 Å². The van der Waals surface area contributed by atoms with Crippen molar-refractivity contribution in [2.75, 3.05) is 0 Å². The molecule has 0 aromatic rings. The van der Waals surface area contributed by atoms with E-state index < -0.39 is 11.9 Å². The third-order valence-electron chi connectivity index (χ3n) is 2.50. The third kappa shape index (κ3) is 1.57. The Kier molecular flexibility index (Phi) is 2.78. The molecule has 5 N–H and O–H groups in total. The van der Waals surface area contributed by atoms with Gasteiger partial charge in [-0.25, -0.2) is 0 Å². The topological polar surface area (TPSA) is 102 Å². The monoisotopic (exact) mass is 197 g/mol. The summed E-state index contributed by atoms with van der Waals surface area (Å²) in [5, 5.41) is 9.68. The van der Waals surface area contributed by atoms with Gasteiger partial charge in [-0.3, -0.25) is 9.79 Å². The molecule has 1 heterocycles. The van der Waals surface area contributed by atoms with Gasteiger partial charge in [-0.05, 0) is 5.92 Å². The van der Waals surface area contributed by atoms with Crippen molar-refractivity contribution in [3.05, 3.63) is 11.3 Å². The maximum Gasteiger partial charge on any atom is 0.255 e. The number of aliphatic imine (C=N–C) groups is 1. The predicted molar refractivity (Wildman–Crippen MR) is 53.7 cm³/mol. The van der Waals surface area contributed by atoms with Gasteiger partial charge in [0.05, 0.1) is 0 Å². The lowest BCUT2D eigenvalue weighted by molar-refractivity contribution is -0.114. The highest BCUT2D eigenvalue weighted by Crippen LogP contribution is 2.25.